The van der Waals surface area contributed by atoms with E-state index < -0.39 is 0 Å². The van der Waals surface area contributed by atoms with Gasteiger partial charge in [0.2, 0.25) is 0 Å². The van der Waals surface area contributed by atoms with Crippen molar-refractivity contribution in [1.82, 2.24) is 20.1 Å². The molecule has 5 nitrogen and oxygen atoms in total. The molecule has 0 bridgehead atoms. The van der Waals surface area contributed by atoms with Crippen molar-refractivity contribution in [3.63, 3.8) is 0 Å². The summed E-state index contributed by atoms with van der Waals surface area (Å²) in [5.41, 5.74) is 5.64. The van der Waals surface area contributed by atoms with Crippen LogP contribution in [0.25, 0.3) is 11.0 Å². The van der Waals surface area contributed by atoms with Crippen LogP contribution in [0.3, 0.4) is 0 Å². The van der Waals surface area contributed by atoms with Gasteiger partial charge in [0.1, 0.15) is 0 Å². The molecule has 1 N–H and O–H groups in total. The van der Waals surface area contributed by atoms with E-state index in [1.165, 1.54) is 5.56 Å². The number of fused-ring (bicyclic) bond motifs is 1. The second-order valence-corrected chi connectivity index (χ2v) is 6.89. The predicted molar refractivity (Wildman–Crippen MR) is 97.6 cm³/mol. The van der Waals surface area contributed by atoms with Crippen LogP contribution < -0.4 is 5.32 Å². The van der Waals surface area contributed by atoms with Crippen LogP contribution in [-0.4, -0.2) is 20.7 Å². The van der Waals surface area contributed by atoms with Gasteiger partial charge in [0, 0.05) is 25.2 Å². The first-order valence-corrected chi connectivity index (χ1v) is 8.71. The summed E-state index contributed by atoms with van der Waals surface area (Å²) >= 11 is 0. The maximum atomic E-state index is 12.9. The fourth-order valence-electron chi connectivity index (χ4n) is 3.31. The molecular formula is C20H22N4O. The first-order valence-electron chi connectivity index (χ1n) is 8.71. The zero-order valence-electron chi connectivity index (χ0n) is 14.8. The fourth-order valence-corrected chi connectivity index (χ4v) is 3.31. The van der Waals surface area contributed by atoms with E-state index in [2.05, 4.69) is 23.4 Å². The van der Waals surface area contributed by atoms with E-state index in [0.29, 0.717) is 18.0 Å². The quantitative estimate of drug-likeness (QED) is 0.795. The Labute approximate surface area is 147 Å². The molecule has 128 valence electrons. The van der Waals surface area contributed by atoms with Gasteiger partial charge in [-0.25, -0.2) is 4.98 Å². The Morgan fingerprint density at radius 2 is 2.04 bits per heavy atom. The van der Waals surface area contributed by atoms with Gasteiger partial charge >= 0.3 is 0 Å². The average Bonchev–Trinajstić information content (AvgIpc) is 3.40. The minimum absolute atomic E-state index is 0.0614. The van der Waals surface area contributed by atoms with E-state index in [1.54, 1.807) is 4.68 Å². The molecule has 3 aromatic rings. The first-order chi connectivity index (χ1) is 12.0. The molecule has 1 saturated carbocycles. The van der Waals surface area contributed by atoms with Gasteiger partial charge in [-0.3, -0.25) is 9.48 Å². The number of hydrogen-bond donors (Lipinski definition) is 1. The Balaban J connectivity index is 1.69. The van der Waals surface area contributed by atoms with E-state index in [-0.39, 0.29) is 5.91 Å². The lowest BCUT2D eigenvalue weighted by molar-refractivity contribution is 0.0952. The molecule has 0 aliphatic heterocycles. The summed E-state index contributed by atoms with van der Waals surface area (Å²) in [5, 5.41) is 8.38. The monoisotopic (exact) mass is 334 g/mol. The molecule has 25 heavy (non-hydrogen) atoms. The van der Waals surface area contributed by atoms with Gasteiger partial charge in [-0.15, -0.1) is 0 Å². The molecule has 1 fully saturated rings. The van der Waals surface area contributed by atoms with Gasteiger partial charge in [-0.2, -0.15) is 5.10 Å². The summed E-state index contributed by atoms with van der Waals surface area (Å²) in [5.74, 6) is 0.427. The van der Waals surface area contributed by atoms with Gasteiger partial charge < -0.3 is 5.32 Å². The Hall–Kier alpha value is -2.69. The third-order valence-corrected chi connectivity index (χ3v) is 4.93. The lowest BCUT2D eigenvalue weighted by Gasteiger charge is -2.10. The van der Waals surface area contributed by atoms with Crippen LogP contribution in [0.15, 0.2) is 30.3 Å². The summed E-state index contributed by atoms with van der Waals surface area (Å²) in [4.78, 5) is 17.7. The van der Waals surface area contributed by atoms with E-state index >= 15 is 0 Å². The number of pyridine rings is 1. The van der Waals surface area contributed by atoms with Crippen LogP contribution in [0.5, 0.6) is 0 Å². The minimum atomic E-state index is -0.0614. The van der Waals surface area contributed by atoms with Crippen molar-refractivity contribution >= 4 is 16.9 Å². The minimum Gasteiger partial charge on any atom is -0.348 e. The molecule has 1 aromatic carbocycles. The van der Waals surface area contributed by atoms with Crippen LogP contribution in [-0.2, 0) is 13.6 Å². The maximum Gasteiger partial charge on any atom is 0.252 e. The van der Waals surface area contributed by atoms with Crippen molar-refractivity contribution in [3.05, 3.63) is 58.4 Å². The molecule has 0 saturated heterocycles. The number of amides is 1. The molecule has 0 spiro atoms. The first kappa shape index (κ1) is 15.8. The second-order valence-electron chi connectivity index (χ2n) is 6.89. The molecule has 1 aliphatic rings. The molecule has 2 aromatic heterocycles. The number of aromatic nitrogens is 3. The molecule has 1 aliphatic carbocycles. The van der Waals surface area contributed by atoms with Gasteiger partial charge in [-0.05, 0) is 43.9 Å². The van der Waals surface area contributed by atoms with Crippen LogP contribution in [0, 0.1) is 13.8 Å². The summed E-state index contributed by atoms with van der Waals surface area (Å²) < 4.78 is 1.77. The Bertz CT molecular complexity index is 969. The molecule has 0 unspecified atom stereocenters. The predicted octanol–water partition coefficient (Wildman–Crippen LogP) is 3.39. The number of nitrogens with one attached hydrogen (secondary N) is 1. The highest BCUT2D eigenvalue weighted by Gasteiger charge is 2.28. The zero-order valence-corrected chi connectivity index (χ0v) is 14.8. The number of rotatable bonds is 4. The summed E-state index contributed by atoms with van der Waals surface area (Å²) in [6.45, 7) is 4.51. The summed E-state index contributed by atoms with van der Waals surface area (Å²) in [7, 11) is 1.88. The maximum absolute atomic E-state index is 12.9. The molecule has 1 amide bonds. The Kier molecular flexibility index (Phi) is 3.79. The standard InChI is InChI=1S/C20H22N4O/c1-12-6-4-5-7-15(12)11-21-20(25)16-10-17(14-8-9-14)22-19-18(16)13(2)23-24(19)3/h4-7,10,14H,8-9,11H2,1-3H3,(H,21,25). The topological polar surface area (TPSA) is 59.8 Å². The normalized spacial score (nSPS) is 14.0. The second kappa shape index (κ2) is 5.99. The lowest BCUT2D eigenvalue weighted by atomic mass is 10.1. The van der Waals surface area contributed by atoms with Crippen molar-refractivity contribution in [3.8, 4) is 0 Å². The highest BCUT2D eigenvalue weighted by atomic mass is 16.1. The Morgan fingerprint density at radius 1 is 1.28 bits per heavy atom. The number of benzene rings is 1. The molecule has 4 rings (SSSR count). The average molecular weight is 334 g/mol. The van der Waals surface area contributed by atoms with Crippen LogP contribution >= 0.6 is 0 Å². The van der Waals surface area contributed by atoms with E-state index in [9.17, 15) is 4.79 Å². The van der Waals surface area contributed by atoms with E-state index in [0.717, 1.165) is 40.8 Å². The molecule has 0 radical (unpaired) electrons. The highest BCUT2D eigenvalue weighted by molar-refractivity contribution is 6.06. The third-order valence-electron chi connectivity index (χ3n) is 4.93. The number of carbonyl (C=O) groups is 1. The fraction of sp³-hybridized carbons (Fsp3) is 0.350. The van der Waals surface area contributed by atoms with Gasteiger partial charge in [0.15, 0.2) is 5.65 Å². The van der Waals surface area contributed by atoms with E-state index in [4.69, 9.17) is 4.98 Å². The molecule has 2 heterocycles. The van der Waals surface area contributed by atoms with Crippen LogP contribution in [0.2, 0.25) is 0 Å². The van der Waals surface area contributed by atoms with Crippen molar-refractivity contribution in [1.29, 1.82) is 0 Å². The van der Waals surface area contributed by atoms with Crippen molar-refractivity contribution < 1.29 is 4.79 Å². The third kappa shape index (κ3) is 2.90. The Morgan fingerprint density at radius 3 is 2.76 bits per heavy atom. The van der Waals surface area contributed by atoms with Crippen molar-refractivity contribution in [2.24, 2.45) is 7.05 Å². The molecule has 0 atom stereocenters. The number of nitrogens with zero attached hydrogens (tertiary/aromatic N) is 3. The highest BCUT2D eigenvalue weighted by Crippen LogP contribution is 2.40. The number of carbonyl (C=O) groups excluding carboxylic acids is 1. The van der Waals surface area contributed by atoms with Gasteiger partial charge in [-0.1, -0.05) is 24.3 Å². The molecular weight excluding hydrogens is 312 g/mol. The molecule has 5 heteroatoms. The number of hydrogen-bond acceptors (Lipinski definition) is 3. The lowest BCUT2D eigenvalue weighted by Crippen LogP contribution is -2.24. The van der Waals surface area contributed by atoms with Crippen molar-refractivity contribution in [2.75, 3.05) is 0 Å². The number of aryl methyl sites for hydroxylation is 3. The smallest absolute Gasteiger partial charge is 0.252 e. The summed E-state index contributed by atoms with van der Waals surface area (Å²) in [6.07, 6.45) is 2.30. The summed E-state index contributed by atoms with van der Waals surface area (Å²) in [6, 6.07) is 10.1. The van der Waals surface area contributed by atoms with E-state index in [1.807, 2.05) is 38.2 Å². The van der Waals surface area contributed by atoms with Gasteiger partial charge in [0.25, 0.3) is 5.91 Å². The largest absolute Gasteiger partial charge is 0.348 e. The zero-order chi connectivity index (χ0) is 17.6. The van der Waals surface area contributed by atoms with Crippen molar-refractivity contribution in [2.45, 2.75) is 39.2 Å². The van der Waals surface area contributed by atoms with Crippen LogP contribution in [0.4, 0.5) is 0 Å². The van der Waals surface area contributed by atoms with Crippen LogP contribution in [0.1, 0.15) is 51.6 Å². The SMILES string of the molecule is Cc1ccccc1CNC(=O)c1cc(C2CC2)nc2c1c(C)nn2C. The van der Waals surface area contributed by atoms with Gasteiger partial charge in [0.05, 0.1) is 16.6 Å².